The molecule has 1 saturated heterocycles. The predicted octanol–water partition coefficient (Wildman–Crippen LogP) is -0.0573. The fourth-order valence-electron chi connectivity index (χ4n) is 3.01. The summed E-state index contributed by atoms with van der Waals surface area (Å²) in [5, 5.41) is 7.02. The summed E-state index contributed by atoms with van der Waals surface area (Å²) in [6.07, 6.45) is 3.36. The fraction of sp³-hybridized carbons (Fsp3) is 0.692. The van der Waals surface area contributed by atoms with Crippen molar-refractivity contribution >= 4 is 23.9 Å². The Hall–Kier alpha value is -2.12. The van der Waals surface area contributed by atoms with Gasteiger partial charge in [-0.3, -0.25) is 19.8 Å². The highest BCUT2D eigenvalue weighted by molar-refractivity contribution is 6.10. The van der Waals surface area contributed by atoms with E-state index < -0.39 is 30.1 Å². The molecule has 2 aliphatic rings. The standard InChI is InChI=1S/C13H20N4O4/c1-8-5-3-4-6-13(8)10(19)17(12(21)16-13)7-9(18)15-11(20)14-2/h8H,3-7H2,1-2H3,(H,16,21)(H2,14,15,18,20)/t8-,13+/m1/s1. The fourth-order valence-corrected chi connectivity index (χ4v) is 3.01. The molecule has 3 N–H and O–H groups in total. The van der Waals surface area contributed by atoms with Gasteiger partial charge in [0.25, 0.3) is 5.91 Å². The van der Waals surface area contributed by atoms with E-state index in [1.165, 1.54) is 7.05 Å². The van der Waals surface area contributed by atoms with Crippen molar-refractivity contribution in [2.45, 2.75) is 38.1 Å². The molecule has 1 aliphatic carbocycles. The van der Waals surface area contributed by atoms with Gasteiger partial charge >= 0.3 is 12.1 Å². The van der Waals surface area contributed by atoms with Crippen molar-refractivity contribution in [1.82, 2.24) is 20.9 Å². The lowest BCUT2D eigenvalue weighted by molar-refractivity contribution is -0.137. The van der Waals surface area contributed by atoms with Crippen LogP contribution in [0, 0.1) is 5.92 Å². The number of carbonyl (C=O) groups excluding carboxylic acids is 4. The van der Waals surface area contributed by atoms with E-state index in [-0.39, 0.29) is 11.8 Å². The zero-order chi connectivity index (χ0) is 15.6. The third-order valence-electron chi connectivity index (χ3n) is 4.28. The van der Waals surface area contributed by atoms with Crippen LogP contribution in [0.15, 0.2) is 0 Å². The van der Waals surface area contributed by atoms with Gasteiger partial charge in [0, 0.05) is 7.05 Å². The number of rotatable bonds is 2. The van der Waals surface area contributed by atoms with Gasteiger partial charge in [-0.25, -0.2) is 9.59 Å². The van der Waals surface area contributed by atoms with Crippen molar-refractivity contribution in [2.75, 3.05) is 13.6 Å². The number of nitrogens with one attached hydrogen (secondary N) is 3. The summed E-state index contributed by atoms with van der Waals surface area (Å²) < 4.78 is 0. The quantitative estimate of drug-likeness (QED) is 0.620. The van der Waals surface area contributed by atoms with Crippen LogP contribution in [0.4, 0.5) is 9.59 Å². The maximum absolute atomic E-state index is 12.6. The molecule has 1 heterocycles. The van der Waals surface area contributed by atoms with E-state index in [1.54, 1.807) is 0 Å². The highest BCUT2D eigenvalue weighted by Gasteiger charge is 2.55. The van der Waals surface area contributed by atoms with Crippen molar-refractivity contribution in [3.8, 4) is 0 Å². The molecule has 0 aromatic carbocycles. The summed E-state index contributed by atoms with van der Waals surface area (Å²) in [5.74, 6) is -1.03. The molecule has 2 fully saturated rings. The summed E-state index contributed by atoms with van der Waals surface area (Å²) in [6, 6.07) is -1.24. The average Bonchev–Trinajstić information content (AvgIpc) is 2.67. The summed E-state index contributed by atoms with van der Waals surface area (Å²) in [7, 11) is 1.37. The van der Waals surface area contributed by atoms with Gasteiger partial charge in [0.05, 0.1) is 0 Å². The molecule has 0 unspecified atom stereocenters. The second-order valence-electron chi connectivity index (χ2n) is 5.57. The van der Waals surface area contributed by atoms with Crippen molar-refractivity contribution in [3.05, 3.63) is 0 Å². The number of nitrogens with zero attached hydrogens (tertiary/aromatic N) is 1. The van der Waals surface area contributed by atoms with Crippen LogP contribution < -0.4 is 16.0 Å². The highest BCUT2D eigenvalue weighted by Crippen LogP contribution is 2.37. The Labute approximate surface area is 122 Å². The molecule has 0 bridgehead atoms. The molecule has 8 heteroatoms. The second kappa shape index (κ2) is 5.71. The summed E-state index contributed by atoms with van der Waals surface area (Å²) in [5.41, 5.74) is -0.886. The van der Waals surface area contributed by atoms with Gasteiger partial charge in [-0.1, -0.05) is 19.8 Å². The average molecular weight is 296 g/mol. The first kappa shape index (κ1) is 15.3. The molecule has 0 aromatic heterocycles. The number of amides is 6. The van der Waals surface area contributed by atoms with Crippen molar-refractivity contribution in [3.63, 3.8) is 0 Å². The van der Waals surface area contributed by atoms with E-state index in [4.69, 9.17) is 0 Å². The van der Waals surface area contributed by atoms with Gasteiger partial charge in [-0.15, -0.1) is 0 Å². The molecule has 116 valence electrons. The van der Waals surface area contributed by atoms with Crippen LogP contribution in [0.5, 0.6) is 0 Å². The summed E-state index contributed by atoms with van der Waals surface area (Å²) in [6.45, 7) is 1.48. The molecule has 1 saturated carbocycles. The van der Waals surface area contributed by atoms with Gasteiger partial charge in [0.1, 0.15) is 12.1 Å². The first-order valence-corrected chi connectivity index (χ1v) is 7.06. The highest BCUT2D eigenvalue weighted by atomic mass is 16.2. The first-order valence-electron chi connectivity index (χ1n) is 7.06. The van der Waals surface area contributed by atoms with E-state index in [1.807, 2.05) is 12.2 Å². The Morgan fingerprint density at radius 1 is 1.38 bits per heavy atom. The largest absolute Gasteiger partial charge is 0.341 e. The van der Waals surface area contributed by atoms with Crippen LogP contribution in [0.3, 0.4) is 0 Å². The Kier molecular flexibility index (Phi) is 4.15. The van der Waals surface area contributed by atoms with Gasteiger partial charge in [-0.2, -0.15) is 0 Å². The lowest BCUT2D eigenvalue weighted by Crippen LogP contribution is -2.54. The minimum atomic E-state index is -0.886. The van der Waals surface area contributed by atoms with Crippen molar-refractivity contribution in [1.29, 1.82) is 0 Å². The Morgan fingerprint density at radius 2 is 2.10 bits per heavy atom. The summed E-state index contributed by atoms with van der Waals surface area (Å²) in [4.78, 5) is 48.2. The molecule has 21 heavy (non-hydrogen) atoms. The van der Waals surface area contributed by atoms with Crippen LogP contribution in [-0.2, 0) is 9.59 Å². The van der Waals surface area contributed by atoms with E-state index in [0.29, 0.717) is 6.42 Å². The molecule has 1 spiro atoms. The van der Waals surface area contributed by atoms with Crippen LogP contribution in [0.1, 0.15) is 32.6 Å². The lowest BCUT2D eigenvalue weighted by Gasteiger charge is -2.36. The van der Waals surface area contributed by atoms with Crippen LogP contribution >= 0.6 is 0 Å². The molecule has 6 amide bonds. The van der Waals surface area contributed by atoms with Crippen LogP contribution in [-0.4, -0.2) is 47.9 Å². The topological polar surface area (TPSA) is 108 Å². The van der Waals surface area contributed by atoms with Gasteiger partial charge in [0.2, 0.25) is 5.91 Å². The zero-order valence-corrected chi connectivity index (χ0v) is 12.2. The number of hydrogen-bond acceptors (Lipinski definition) is 4. The molecular formula is C13H20N4O4. The number of imide groups is 2. The number of urea groups is 2. The minimum Gasteiger partial charge on any atom is -0.341 e. The number of carbonyl (C=O) groups is 4. The molecule has 2 rings (SSSR count). The normalized spacial score (nSPS) is 28.5. The monoisotopic (exact) mass is 296 g/mol. The first-order chi connectivity index (χ1) is 9.90. The lowest BCUT2D eigenvalue weighted by atomic mass is 9.73. The molecular weight excluding hydrogens is 276 g/mol. The summed E-state index contributed by atoms with van der Waals surface area (Å²) >= 11 is 0. The smallest absolute Gasteiger partial charge is 0.325 e. The molecule has 2 atom stereocenters. The Bertz CT molecular complexity index is 493. The van der Waals surface area contributed by atoms with E-state index in [2.05, 4.69) is 10.6 Å². The SMILES string of the molecule is CNC(=O)NC(=O)CN1C(=O)N[C@]2(CCCC[C@H]2C)C1=O. The molecule has 1 aliphatic heterocycles. The Balaban J connectivity index is 2.08. The van der Waals surface area contributed by atoms with Crippen LogP contribution in [0.2, 0.25) is 0 Å². The van der Waals surface area contributed by atoms with Crippen molar-refractivity contribution < 1.29 is 19.2 Å². The predicted molar refractivity (Wildman–Crippen MR) is 73.2 cm³/mol. The maximum Gasteiger partial charge on any atom is 0.325 e. The van der Waals surface area contributed by atoms with E-state index >= 15 is 0 Å². The zero-order valence-electron chi connectivity index (χ0n) is 12.2. The third kappa shape index (κ3) is 2.70. The van der Waals surface area contributed by atoms with Gasteiger partial charge < -0.3 is 10.6 Å². The van der Waals surface area contributed by atoms with Gasteiger partial charge in [-0.05, 0) is 18.8 Å². The van der Waals surface area contributed by atoms with E-state index in [9.17, 15) is 19.2 Å². The van der Waals surface area contributed by atoms with Crippen molar-refractivity contribution in [2.24, 2.45) is 5.92 Å². The Morgan fingerprint density at radius 3 is 2.71 bits per heavy atom. The van der Waals surface area contributed by atoms with Crippen LogP contribution in [0.25, 0.3) is 0 Å². The molecule has 8 nitrogen and oxygen atoms in total. The van der Waals surface area contributed by atoms with E-state index in [0.717, 1.165) is 24.2 Å². The second-order valence-corrected chi connectivity index (χ2v) is 5.57. The third-order valence-corrected chi connectivity index (χ3v) is 4.28. The minimum absolute atomic E-state index is 0.0368. The number of hydrogen-bond donors (Lipinski definition) is 3. The van der Waals surface area contributed by atoms with Gasteiger partial charge in [0.15, 0.2) is 0 Å². The maximum atomic E-state index is 12.6. The molecule has 0 radical (unpaired) electrons. The molecule has 0 aromatic rings.